The van der Waals surface area contributed by atoms with Gasteiger partial charge in [-0.05, 0) is 82.9 Å². The number of epoxide rings is 1. The summed E-state index contributed by atoms with van der Waals surface area (Å²) in [5.41, 5.74) is 0.581. The molecule has 13 aliphatic rings. The molecule has 0 radical (unpaired) electrons. The second-order valence-electron chi connectivity index (χ2n) is 12.5. The molecular weight excluding hydrogens is 312 g/mol. The van der Waals surface area contributed by atoms with E-state index in [1.54, 1.807) is 0 Å². The minimum atomic E-state index is 0.290. The van der Waals surface area contributed by atoms with Crippen LogP contribution in [-0.2, 0) is 14.2 Å². The smallest absolute Gasteiger partial charge is 0.108 e. The van der Waals surface area contributed by atoms with E-state index in [-0.39, 0.29) is 0 Å². The molecule has 128 valence electrons. The van der Waals surface area contributed by atoms with Crippen LogP contribution in [0.5, 0.6) is 0 Å². The molecule has 2 spiro atoms. The van der Waals surface area contributed by atoms with Crippen molar-refractivity contribution in [2.45, 2.75) is 23.4 Å². The van der Waals surface area contributed by atoms with E-state index in [4.69, 9.17) is 14.2 Å². The lowest BCUT2D eigenvalue weighted by atomic mass is 9.63. The van der Waals surface area contributed by atoms with Gasteiger partial charge in [0.15, 0.2) is 0 Å². The van der Waals surface area contributed by atoms with Gasteiger partial charge in [0.05, 0.1) is 25.4 Å². The number of hydrogen-bond acceptors (Lipinski definition) is 3. The average Bonchev–Trinajstić information content (AvgIpc) is 3.09. The lowest BCUT2D eigenvalue weighted by Gasteiger charge is -2.38. The maximum absolute atomic E-state index is 7.20. The van der Waals surface area contributed by atoms with E-state index < -0.39 is 0 Å². The Hall–Kier alpha value is -0.120. The highest BCUT2D eigenvalue weighted by Gasteiger charge is 3.05. The van der Waals surface area contributed by atoms with E-state index in [1.165, 1.54) is 0 Å². The van der Waals surface area contributed by atoms with Gasteiger partial charge in [-0.1, -0.05) is 0 Å². The Morgan fingerprint density at radius 1 is 0.480 bits per heavy atom. The number of rotatable bonds is 0. The van der Waals surface area contributed by atoms with Gasteiger partial charge in [0.25, 0.3) is 0 Å². The van der Waals surface area contributed by atoms with Crippen molar-refractivity contribution in [2.24, 2.45) is 94.7 Å². The predicted molar refractivity (Wildman–Crippen MR) is 81.9 cm³/mol. The van der Waals surface area contributed by atoms with Crippen LogP contribution in [0, 0.1) is 94.7 Å². The first-order valence-electron chi connectivity index (χ1n) is 11.3. The maximum atomic E-state index is 7.20. The second-order valence-corrected chi connectivity index (χ2v) is 12.5. The van der Waals surface area contributed by atoms with Crippen molar-refractivity contribution < 1.29 is 14.2 Å². The molecule has 0 amide bonds. The molecule has 0 aromatic heterocycles. The summed E-state index contributed by atoms with van der Waals surface area (Å²) in [6.45, 7) is 2.23. The zero-order chi connectivity index (χ0) is 14.9. The summed E-state index contributed by atoms with van der Waals surface area (Å²) in [7, 11) is 0. The van der Waals surface area contributed by atoms with Gasteiger partial charge in [0, 0.05) is 11.8 Å². The summed E-state index contributed by atoms with van der Waals surface area (Å²) in [5.74, 6) is 15.1. The average molecular weight is 334 g/mol. The second kappa shape index (κ2) is 2.49. The van der Waals surface area contributed by atoms with Gasteiger partial charge in [0.1, 0.15) is 11.2 Å². The molecule has 5 aliphatic heterocycles. The SMILES string of the molecule is C1OC2C3C4C5C1C1C6C5C5C7COC8C(C54)C3C3C2C12OC2(C76)C83. The fourth-order valence-electron chi connectivity index (χ4n) is 15.1. The van der Waals surface area contributed by atoms with Gasteiger partial charge in [-0.15, -0.1) is 0 Å². The zero-order valence-corrected chi connectivity index (χ0v) is 14.0. The Morgan fingerprint density at radius 3 is 1.56 bits per heavy atom. The highest BCUT2D eigenvalue weighted by Crippen LogP contribution is 2.99. The summed E-state index contributed by atoms with van der Waals surface area (Å²) >= 11 is 0. The highest BCUT2D eigenvalue weighted by atomic mass is 16.6. The Labute approximate surface area is 146 Å². The van der Waals surface area contributed by atoms with Gasteiger partial charge in [-0.2, -0.15) is 0 Å². The Morgan fingerprint density at radius 2 is 0.960 bits per heavy atom. The summed E-state index contributed by atoms with van der Waals surface area (Å²) in [4.78, 5) is 0. The van der Waals surface area contributed by atoms with Gasteiger partial charge in [-0.3, -0.25) is 0 Å². The van der Waals surface area contributed by atoms with Gasteiger partial charge in [-0.25, -0.2) is 0 Å². The molecule has 0 aromatic carbocycles. The van der Waals surface area contributed by atoms with Crippen molar-refractivity contribution in [3.63, 3.8) is 0 Å². The third kappa shape index (κ3) is 0.593. The van der Waals surface area contributed by atoms with Crippen LogP contribution in [0.15, 0.2) is 0 Å². The zero-order valence-electron chi connectivity index (χ0n) is 14.0. The fraction of sp³-hybridized carbons (Fsp3) is 1.00. The number of hydrogen-bond donors (Lipinski definition) is 0. The van der Waals surface area contributed by atoms with E-state index in [2.05, 4.69) is 0 Å². The van der Waals surface area contributed by atoms with E-state index in [1.807, 2.05) is 0 Å². The van der Waals surface area contributed by atoms with E-state index in [0.29, 0.717) is 23.4 Å². The number of fused-ring (bicyclic) bond motifs is 2. The van der Waals surface area contributed by atoms with Crippen molar-refractivity contribution in [1.82, 2.24) is 0 Å². The summed E-state index contributed by atoms with van der Waals surface area (Å²) in [6.07, 6.45) is 1.18. The van der Waals surface area contributed by atoms with Crippen molar-refractivity contribution in [3.8, 4) is 0 Å². The molecule has 8 aliphatic carbocycles. The lowest BCUT2D eigenvalue weighted by Crippen LogP contribution is -2.46. The molecule has 8 saturated carbocycles. The molecule has 0 aromatic rings. The van der Waals surface area contributed by atoms with Crippen LogP contribution in [0.4, 0.5) is 0 Å². The summed E-state index contributed by atoms with van der Waals surface area (Å²) < 4.78 is 20.9. The third-order valence-corrected chi connectivity index (χ3v) is 13.8. The monoisotopic (exact) mass is 334 g/mol. The minimum absolute atomic E-state index is 0.290. The molecule has 3 nitrogen and oxygen atoms in total. The van der Waals surface area contributed by atoms with Crippen molar-refractivity contribution in [1.29, 1.82) is 0 Å². The normalized spacial score (nSPS) is 97.9. The minimum Gasteiger partial charge on any atom is -0.377 e. The fourth-order valence-corrected chi connectivity index (χ4v) is 15.1. The molecule has 0 N–H and O–H groups in total. The third-order valence-electron chi connectivity index (χ3n) is 13.8. The van der Waals surface area contributed by atoms with Gasteiger partial charge < -0.3 is 14.2 Å². The van der Waals surface area contributed by atoms with E-state index in [0.717, 1.165) is 108 Å². The van der Waals surface area contributed by atoms with Crippen LogP contribution in [0.3, 0.4) is 0 Å². The molecule has 4 bridgehead atoms. The van der Waals surface area contributed by atoms with E-state index in [9.17, 15) is 0 Å². The van der Waals surface area contributed by atoms with Crippen molar-refractivity contribution in [3.05, 3.63) is 0 Å². The Bertz CT molecular complexity index is 756. The molecular formula is C22H22O3. The molecule has 25 heavy (non-hydrogen) atoms. The molecule has 16 atom stereocenters. The first-order valence-corrected chi connectivity index (χ1v) is 11.3. The predicted octanol–water partition coefficient (Wildman–Crippen LogP) is 1.27. The maximum Gasteiger partial charge on any atom is 0.108 e. The van der Waals surface area contributed by atoms with E-state index >= 15 is 0 Å². The molecule has 13 fully saturated rings. The first kappa shape index (κ1) is 11.0. The van der Waals surface area contributed by atoms with Crippen LogP contribution >= 0.6 is 0 Å². The van der Waals surface area contributed by atoms with Crippen LogP contribution in [0.1, 0.15) is 0 Å². The molecule has 5 heterocycles. The Kier molecular flexibility index (Phi) is 1.10. The van der Waals surface area contributed by atoms with Crippen LogP contribution in [0.25, 0.3) is 0 Å². The largest absolute Gasteiger partial charge is 0.377 e. The highest BCUT2D eigenvalue weighted by molar-refractivity contribution is 5.52. The summed E-state index contributed by atoms with van der Waals surface area (Å²) in [6, 6.07) is 0. The topological polar surface area (TPSA) is 31.0 Å². The van der Waals surface area contributed by atoms with Gasteiger partial charge in [0.2, 0.25) is 0 Å². The molecule has 16 unspecified atom stereocenters. The quantitative estimate of drug-likeness (QED) is 0.625. The standard InChI is InChI=1S/C22H22O3/c1-3-5-7-6-4-2-24-20-12-9(6)8(5)11-10(12)14-17(19(11)23-1)21-15(3)13(7)16(4)22(21,25-21)18(14)20/h3-20H,1-2H2. The van der Waals surface area contributed by atoms with Crippen LogP contribution in [0.2, 0.25) is 0 Å². The molecule has 3 heteroatoms. The summed E-state index contributed by atoms with van der Waals surface area (Å²) in [5, 5.41) is 0. The van der Waals surface area contributed by atoms with Crippen molar-refractivity contribution in [2.75, 3.05) is 13.2 Å². The number of ether oxygens (including phenoxy) is 3. The lowest BCUT2D eigenvalue weighted by molar-refractivity contribution is -0.0525. The van der Waals surface area contributed by atoms with Crippen LogP contribution < -0.4 is 0 Å². The Balaban J connectivity index is 1.40. The first-order chi connectivity index (χ1) is 12.4. The van der Waals surface area contributed by atoms with Crippen LogP contribution in [-0.4, -0.2) is 36.6 Å². The van der Waals surface area contributed by atoms with Gasteiger partial charge >= 0.3 is 0 Å². The molecule has 13 rings (SSSR count). The van der Waals surface area contributed by atoms with Crippen molar-refractivity contribution >= 4 is 0 Å². The molecule has 5 saturated heterocycles.